The zero-order chi connectivity index (χ0) is 17.8. The van der Waals surface area contributed by atoms with Crippen molar-refractivity contribution in [3.05, 3.63) is 42.0 Å². The van der Waals surface area contributed by atoms with Gasteiger partial charge in [0.2, 0.25) is 0 Å². The van der Waals surface area contributed by atoms with Crippen molar-refractivity contribution in [3.63, 3.8) is 0 Å². The molecule has 0 aromatic heterocycles. The van der Waals surface area contributed by atoms with Crippen LogP contribution in [-0.4, -0.2) is 36.0 Å². The van der Waals surface area contributed by atoms with Gasteiger partial charge in [0.1, 0.15) is 0 Å². The number of nitrogens with zero attached hydrogens (tertiary/aromatic N) is 1. The highest BCUT2D eigenvalue weighted by Gasteiger charge is 2.26. The molecule has 132 valence electrons. The third kappa shape index (κ3) is 3.76. The minimum Gasteiger partial charge on any atom is -0.452 e. The number of carbonyl (C=O) groups is 2. The first-order chi connectivity index (χ1) is 12.1. The highest BCUT2D eigenvalue weighted by molar-refractivity contribution is 6.01. The van der Waals surface area contributed by atoms with E-state index in [2.05, 4.69) is 6.92 Å². The average molecular weight is 340 g/mol. The van der Waals surface area contributed by atoms with E-state index in [1.165, 1.54) is 0 Å². The van der Waals surface area contributed by atoms with Crippen LogP contribution in [-0.2, 0) is 9.53 Å². The number of piperidine rings is 1. The molecular formula is C20H24N2O3. The standard InChI is InChI=1S/C20H24N2O3/c1-2-16-9-5-6-10-22(16)19(23)13-25-20(24)17-11-14-7-3-4-8-15(14)12-18(17)21/h3-4,7-8,11-12,16H,2,5-6,9-10,13,21H2,1H3. The van der Waals surface area contributed by atoms with E-state index >= 15 is 0 Å². The Balaban J connectivity index is 1.68. The Morgan fingerprint density at radius 3 is 2.64 bits per heavy atom. The number of rotatable bonds is 4. The van der Waals surface area contributed by atoms with E-state index < -0.39 is 5.97 Å². The molecule has 0 spiro atoms. The molecule has 1 atom stereocenters. The van der Waals surface area contributed by atoms with Gasteiger partial charge in [0.15, 0.2) is 6.61 Å². The number of ether oxygens (including phenoxy) is 1. The van der Waals surface area contributed by atoms with Crippen LogP contribution in [0.2, 0.25) is 0 Å². The summed E-state index contributed by atoms with van der Waals surface area (Å²) in [5, 5.41) is 1.88. The van der Waals surface area contributed by atoms with Gasteiger partial charge in [0.25, 0.3) is 5.91 Å². The van der Waals surface area contributed by atoms with E-state index in [0.29, 0.717) is 11.3 Å². The van der Waals surface area contributed by atoms with Gasteiger partial charge in [-0.15, -0.1) is 0 Å². The molecule has 5 nitrogen and oxygen atoms in total. The summed E-state index contributed by atoms with van der Waals surface area (Å²) in [7, 11) is 0. The molecule has 1 fully saturated rings. The van der Waals surface area contributed by atoms with Crippen molar-refractivity contribution in [1.29, 1.82) is 0 Å². The minimum absolute atomic E-state index is 0.126. The van der Waals surface area contributed by atoms with Crippen LogP contribution in [0, 0.1) is 0 Å². The van der Waals surface area contributed by atoms with Crippen LogP contribution in [0.4, 0.5) is 5.69 Å². The van der Waals surface area contributed by atoms with Crippen LogP contribution in [0.25, 0.3) is 10.8 Å². The zero-order valence-electron chi connectivity index (χ0n) is 14.5. The molecule has 3 rings (SSSR count). The van der Waals surface area contributed by atoms with Gasteiger partial charge < -0.3 is 15.4 Å². The number of hydrogen-bond acceptors (Lipinski definition) is 4. The molecule has 0 aliphatic carbocycles. The fraction of sp³-hybridized carbons (Fsp3) is 0.400. The molecule has 0 saturated carbocycles. The maximum Gasteiger partial charge on any atom is 0.340 e. The lowest BCUT2D eigenvalue weighted by atomic mass is 10.00. The molecule has 2 N–H and O–H groups in total. The van der Waals surface area contributed by atoms with Crippen LogP contribution < -0.4 is 5.73 Å². The number of anilines is 1. The normalized spacial score (nSPS) is 17.5. The maximum absolute atomic E-state index is 12.4. The van der Waals surface area contributed by atoms with E-state index in [1.807, 2.05) is 29.2 Å². The second kappa shape index (κ2) is 7.55. The summed E-state index contributed by atoms with van der Waals surface area (Å²) in [6, 6.07) is 11.4. The van der Waals surface area contributed by atoms with Crippen molar-refractivity contribution >= 4 is 28.3 Å². The highest BCUT2D eigenvalue weighted by Crippen LogP contribution is 2.23. The summed E-state index contributed by atoms with van der Waals surface area (Å²) in [5.41, 5.74) is 6.65. The number of nitrogen functional groups attached to an aromatic ring is 1. The molecule has 1 aliphatic heterocycles. The second-order valence-electron chi connectivity index (χ2n) is 6.51. The van der Waals surface area contributed by atoms with Crippen LogP contribution in [0.1, 0.15) is 43.0 Å². The van der Waals surface area contributed by atoms with Crippen molar-refractivity contribution < 1.29 is 14.3 Å². The Bertz CT molecular complexity index is 788. The summed E-state index contributed by atoms with van der Waals surface area (Å²) in [5.74, 6) is -0.680. The lowest BCUT2D eigenvalue weighted by Gasteiger charge is -2.35. The number of esters is 1. The Morgan fingerprint density at radius 1 is 1.20 bits per heavy atom. The van der Waals surface area contributed by atoms with Crippen molar-refractivity contribution in [1.82, 2.24) is 4.90 Å². The third-order valence-electron chi connectivity index (χ3n) is 4.88. The maximum atomic E-state index is 12.4. The molecule has 1 heterocycles. The number of carbonyl (C=O) groups excluding carboxylic acids is 2. The SMILES string of the molecule is CCC1CCCCN1C(=O)COC(=O)c1cc2ccccc2cc1N. The molecule has 0 bridgehead atoms. The van der Waals surface area contributed by atoms with Gasteiger partial charge >= 0.3 is 5.97 Å². The smallest absolute Gasteiger partial charge is 0.340 e. The first kappa shape index (κ1) is 17.3. The number of likely N-dealkylation sites (tertiary alicyclic amines) is 1. The summed E-state index contributed by atoms with van der Waals surface area (Å²) in [6.45, 7) is 2.59. The zero-order valence-corrected chi connectivity index (χ0v) is 14.5. The number of nitrogens with two attached hydrogens (primary N) is 1. The van der Waals surface area contributed by atoms with Crippen LogP contribution >= 0.6 is 0 Å². The Hall–Kier alpha value is -2.56. The molecule has 25 heavy (non-hydrogen) atoms. The van der Waals surface area contributed by atoms with Crippen molar-refractivity contribution in [2.75, 3.05) is 18.9 Å². The molecule has 2 aromatic carbocycles. The van der Waals surface area contributed by atoms with E-state index in [-0.39, 0.29) is 18.6 Å². The predicted molar refractivity (Wildman–Crippen MR) is 98.3 cm³/mol. The lowest BCUT2D eigenvalue weighted by Crippen LogP contribution is -2.45. The van der Waals surface area contributed by atoms with Crippen molar-refractivity contribution in [2.24, 2.45) is 0 Å². The van der Waals surface area contributed by atoms with Crippen molar-refractivity contribution in [3.8, 4) is 0 Å². The Labute approximate surface area is 147 Å². The minimum atomic E-state index is -0.554. The molecular weight excluding hydrogens is 316 g/mol. The van der Waals surface area contributed by atoms with Gasteiger partial charge in [0.05, 0.1) is 5.56 Å². The van der Waals surface area contributed by atoms with Crippen molar-refractivity contribution in [2.45, 2.75) is 38.6 Å². The summed E-state index contributed by atoms with van der Waals surface area (Å²) < 4.78 is 5.26. The van der Waals surface area contributed by atoms with E-state index in [0.717, 1.165) is 43.0 Å². The van der Waals surface area contributed by atoms with Crippen LogP contribution in [0.5, 0.6) is 0 Å². The van der Waals surface area contributed by atoms with E-state index in [9.17, 15) is 9.59 Å². The largest absolute Gasteiger partial charge is 0.452 e. The van der Waals surface area contributed by atoms with Gasteiger partial charge in [-0.25, -0.2) is 4.79 Å². The summed E-state index contributed by atoms with van der Waals surface area (Å²) in [4.78, 5) is 26.6. The molecule has 1 saturated heterocycles. The average Bonchev–Trinajstić information content (AvgIpc) is 2.65. The number of amides is 1. The molecule has 1 aliphatic rings. The van der Waals surface area contributed by atoms with Crippen LogP contribution in [0.3, 0.4) is 0 Å². The number of fused-ring (bicyclic) bond motifs is 1. The molecule has 2 aromatic rings. The third-order valence-corrected chi connectivity index (χ3v) is 4.88. The van der Waals surface area contributed by atoms with E-state index in [1.54, 1.807) is 12.1 Å². The predicted octanol–water partition coefficient (Wildman–Crippen LogP) is 3.37. The topological polar surface area (TPSA) is 72.6 Å². The van der Waals surface area contributed by atoms with E-state index in [4.69, 9.17) is 10.5 Å². The molecule has 1 amide bonds. The Kier molecular flexibility index (Phi) is 5.22. The lowest BCUT2D eigenvalue weighted by molar-refractivity contribution is -0.138. The first-order valence-electron chi connectivity index (χ1n) is 8.85. The summed E-state index contributed by atoms with van der Waals surface area (Å²) >= 11 is 0. The second-order valence-corrected chi connectivity index (χ2v) is 6.51. The molecule has 0 radical (unpaired) electrons. The molecule has 5 heteroatoms. The quantitative estimate of drug-likeness (QED) is 0.684. The van der Waals surface area contributed by atoms with Crippen LogP contribution in [0.15, 0.2) is 36.4 Å². The fourth-order valence-corrected chi connectivity index (χ4v) is 3.48. The van der Waals surface area contributed by atoms with Gasteiger partial charge in [-0.1, -0.05) is 31.2 Å². The number of hydrogen-bond donors (Lipinski definition) is 1. The monoisotopic (exact) mass is 340 g/mol. The van der Waals surface area contributed by atoms with Gasteiger partial charge in [-0.3, -0.25) is 4.79 Å². The van der Waals surface area contributed by atoms with Gasteiger partial charge in [-0.2, -0.15) is 0 Å². The molecule has 1 unspecified atom stereocenters. The van der Waals surface area contributed by atoms with Gasteiger partial charge in [-0.05, 0) is 48.6 Å². The fourth-order valence-electron chi connectivity index (χ4n) is 3.48. The first-order valence-corrected chi connectivity index (χ1v) is 8.85. The highest BCUT2D eigenvalue weighted by atomic mass is 16.5. The summed E-state index contributed by atoms with van der Waals surface area (Å²) in [6.07, 6.45) is 4.11. The van der Waals surface area contributed by atoms with Gasteiger partial charge in [0, 0.05) is 18.3 Å². The Morgan fingerprint density at radius 2 is 1.92 bits per heavy atom. The number of benzene rings is 2.